The van der Waals surface area contributed by atoms with Crippen LogP contribution in [0, 0.1) is 0 Å². The SMILES string of the molecule is C[C@@H](NC(=O)CCCNC(=O)c1ccco1)C(C)(C)c1ccccc1. The van der Waals surface area contributed by atoms with Crippen molar-refractivity contribution >= 4 is 11.8 Å². The van der Waals surface area contributed by atoms with Crippen molar-refractivity contribution in [1.29, 1.82) is 0 Å². The molecule has 5 nitrogen and oxygen atoms in total. The lowest BCUT2D eigenvalue weighted by atomic mass is 9.78. The van der Waals surface area contributed by atoms with Crippen LogP contribution in [0.5, 0.6) is 0 Å². The molecule has 2 N–H and O–H groups in total. The highest BCUT2D eigenvalue weighted by atomic mass is 16.3. The molecule has 2 aromatic rings. The standard InChI is InChI=1S/C20H26N2O3/c1-15(20(2,3)16-9-5-4-6-10-16)22-18(23)12-7-13-21-19(24)17-11-8-14-25-17/h4-6,8-11,14-15H,7,12-13H2,1-3H3,(H,21,24)(H,22,23)/t15-/m1/s1. The van der Waals surface area contributed by atoms with Crippen molar-refractivity contribution in [3.8, 4) is 0 Å². The van der Waals surface area contributed by atoms with Gasteiger partial charge in [-0.05, 0) is 31.0 Å². The van der Waals surface area contributed by atoms with E-state index in [1.807, 2.05) is 25.1 Å². The first-order chi connectivity index (χ1) is 11.9. The Hall–Kier alpha value is -2.56. The molecule has 0 spiro atoms. The van der Waals surface area contributed by atoms with Crippen molar-refractivity contribution in [1.82, 2.24) is 10.6 Å². The van der Waals surface area contributed by atoms with E-state index < -0.39 is 0 Å². The maximum Gasteiger partial charge on any atom is 0.286 e. The zero-order valence-corrected chi connectivity index (χ0v) is 15.0. The first kappa shape index (κ1) is 18.8. The smallest absolute Gasteiger partial charge is 0.286 e. The van der Waals surface area contributed by atoms with Crippen LogP contribution in [-0.4, -0.2) is 24.4 Å². The average Bonchev–Trinajstić information content (AvgIpc) is 3.14. The fraction of sp³-hybridized carbons (Fsp3) is 0.400. The number of hydrogen-bond donors (Lipinski definition) is 2. The molecule has 5 heteroatoms. The molecule has 0 radical (unpaired) electrons. The summed E-state index contributed by atoms with van der Waals surface area (Å²) in [6.07, 6.45) is 2.41. The summed E-state index contributed by atoms with van der Waals surface area (Å²) in [5.74, 6) is 0.00965. The van der Waals surface area contributed by atoms with Gasteiger partial charge in [0, 0.05) is 24.4 Å². The molecule has 2 amide bonds. The van der Waals surface area contributed by atoms with E-state index in [-0.39, 0.29) is 29.0 Å². The molecular formula is C20H26N2O3. The number of hydrogen-bond acceptors (Lipinski definition) is 3. The van der Waals surface area contributed by atoms with E-state index in [9.17, 15) is 9.59 Å². The van der Waals surface area contributed by atoms with Gasteiger partial charge in [-0.25, -0.2) is 0 Å². The second kappa shape index (κ2) is 8.51. The van der Waals surface area contributed by atoms with E-state index in [1.54, 1.807) is 12.1 Å². The Morgan fingerprint density at radius 2 is 1.84 bits per heavy atom. The molecule has 134 valence electrons. The first-order valence-electron chi connectivity index (χ1n) is 8.58. The van der Waals surface area contributed by atoms with Crippen molar-refractivity contribution in [2.75, 3.05) is 6.54 Å². The van der Waals surface area contributed by atoms with Crippen molar-refractivity contribution in [2.24, 2.45) is 0 Å². The molecule has 0 saturated carbocycles. The van der Waals surface area contributed by atoms with E-state index in [0.717, 1.165) is 0 Å². The largest absolute Gasteiger partial charge is 0.459 e. The first-order valence-corrected chi connectivity index (χ1v) is 8.58. The quantitative estimate of drug-likeness (QED) is 0.723. The molecule has 0 saturated heterocycles. The maximum absolute atomic E-state index is 12.2. The summed E-state index contributed by atoms with van der Waals surface area (Å²) in [5, 5.41) is 5.80. The number of rotatable bonds is 8. The van der Waals surface area contributed by atoms with Crippen LogP contribution < -0.4 is 10.6 Å². The summed E-state index contributed by atoms with van der Waals surface area (Å²) >= 11 is 0. The van der Waals surface area contributed by atoms with E-state index in [1.165, 1.54) is 11.8 Å². The van der Waals surface area contributed by atoms with Gasteiger partial charge < -0.3 is 15.1 Å². The fourth-order valence-corrected chi connectivity index (χ4v) is 2.56. The van der Waals surface area contributed by atoms with Crippen LogP contribution in [-0.2, 0) is 10.2 Å². The molecule has 1 heterocycles. The molecule has 0 aliphatic rings. The Kier molecular flexibility index (Phi) is 6.39. The molecule has 2 rings (SSSR count). The zero-order chi connectivity index (χ0) is 18.3. The van der Waals surface area contributed by atoms with Crippen molar-refractivity contribution in [3.63, 3.8) is 0 Å². The highest BCUT2D eigenvalue weighted by molar-refractivity contribution is 5.91. The Morgan fingerprint density at radius 1 is 1.12 bits per heavy atom. The number of benzene rings is 1. The third-order valence-electron chi connectivity index (χ3n) is 4.59. The van der Waals surface area contributed by atoms with Crippen LogP contribution in [0.1, 0.15) is 49.7 Å². The van der Waals surface area contributed by atoms with Gasteiger partial charge >= 0.3 is 0 Å². The Morgan fingerprint density at radius 3 is 2.48 bits per heavy atom. The summed E-state index contributed by atoms with van der Waals surface area (Å²) in [4.78, 5) is 23.9. The number of furan rings is 1. The van der Waals surface area contributed by atoms with E-state index in [0.29, 0.717) is 19.4 Å². The Balaban J connectivity index is 1.73. The van der Waals surface area contributed by atoms with Gasteiger partial charge in [0.25, 0.3) is 5.91 Å². The van der Waals surface area contributed by atoms with Crippen molar-refractivity contribution in [2.45, 2.75) is 45.1 Å². The van der Waals surface area contributed by atoms with Crippen LogP contribution in [0.3, 0.4) is 0 Å². The molecule has 0 bridgehead atoms. The summed E-state index contributed by atoms with van der Waals surface area (Å²) in [7, 11) is 0. The van der Waals surface area contributed by atoms with Crippen LogP contribution in [0.2, 0.25) is 0 Å². The fourth-order valence-electron chi connectivity index (χ4n) is 2.56. The predicted molar refractivity (Wildman–Crippen MR) is 97.3 cm³/mol. The van der Waals surface area contributed by atoms with E-state index >= 15 is 0 Å². The minimum atomic E-state index is -0.260. The van der Waals surface area contributed by atoms with Gasteiger partial charge in [-0.3, -0.25) is 9.59 Å². The third kappa shape index (κ3) is 5.21. The predicted octanol–water partition coefficient (Wildman–Crippen LogP) is 3.27. The number of amides is 2. The van der Waals surface area contributed by atoms with Gasteiger partial charge in [0.2, 0.25) is 5.91 Å². The van der Waals surface area contributed by atoms with Gasteiger partial charge in [0.1, 0.15) is 0 Å². The van der Waals surface area contributed by atoms with E-state index in [4.69, 9.17) is 4.42 Å². The third-order valence-corrected chi connectivity index (χ3v) is 4.59. The topological polar surface area (TPSA) is 71.3 Å². The minimum absolute atomic E-state index is 0.000102. The lowest BCUT2D eigenvalue weighted by Crippen LogP contribution is -2.45. The maximum atomic E-state index is 12.2. The molecule has 0 aliphatic heterocycles. The van der Waals surface area contributed by atoms with Crippen molar-refractivity contribution < 1.29 is 14.0 Å². The number of carbonyl (C=O) groups is 2. The summed E-state index contributed by atoms with van der Waals surface area (Å²) in [6.45, 7) is 6.70. The highest BCUT2D eigenvalue weighted by Gasteiger charge is 2.28. The van der Waals surface area contributed by atoms with Crippen LogP contribution in [0.4, 0.5) is 0 Å². The molecule has 1 aromatic heterocycles. The molecule has 25 heavy (non-hydrogen) atoms. The second-order valence-corrected chi connectivity index (χ2v) is 6.71. The lowest BCUT2D eigenvalue weighted by Gasteiger charge is -2.33. The van der Waals surface area contributed by atoms with E-state index in [2.05, 4.69) is 36.6 Å². The number of nitrogens with one attached hydrogen (secondary N) is 2. The summed E-state index contributed by atoms with van der Waals surface area (Å²) in [6, 6.07) is 13.4. The normalized spacial score (nSPS) is 12.4. The Labute approximate surface area is 148 Å². The Bertz CT molecular complexity index is 678. The second-order valence-electron chi connectivity index (χ2n) is 6.71. The number of carbonyl (C=O) groups excluding carboxylic acids is 2. The van der Waals surface area contributed by atoms with Crippen molar-refractivity contribution in [3.05, 3.63) is 60.1 Å². The summed E-state index contributed by atoms with van der Waals surface area (Å²) < 4.78 is 5.01. The molecule has 0 unspecified atom stereocenters. The zero-order valence-electron chi connectivity index (χ0n) is 15.0. The highest BCUT2D eigenvalue weighted by Crippen LogP contribution is 2.26. The average molecular weight is 342 g/mol. The lowest BCUT2D eigenvalue weighted by molar-refractivity contribution is -0.122. The molecule has 0 aliphatic carbocycles. The van der Waals surface area contributed by atoms with Crippen LogP contribution in [0.25, 0.3) is 0 Å². The van der Waals surface area contributed by atoms with Gasteiger partial charge in [0.15, 0.2) is 5.76 Å². The molecule has 1 atom stereocenters. The van der Waals surface area contributed by atoms with Gasteiger partial charge in [-0.2, -0.15) is 0 Å². The van der Waals surface area contributed by atoms with Gasteiger partial charge in [0.05, 0.1) is 6.26 Å². The van der Waals surface area contributed by atoms with Gasteiger partial charge in [-0.1, -0.05) is 44.2 Å². The minimum Gasteiger partial charge on any atom is -0.459 e. The molecule has 0 fully saturated rings. The summed E-state index contributed by atoms with van der Waals surface area (Å²) in [5.41, 5.74) is 1.03. The van der Waals surface area contributed by atoms with Crippen LogP contribution >= 0.6 is 0 Å². The monoisotopic (exact) mass is 342 g/mol. The van der Waals surface area contributed by atoms with Gasteiger partial charge in [-0.15, -0.1) is 0 Å². The van der Waals surface area contributed by atoms with Crippen LogP contribution in [0.15, 0.2) is 53.1 Å². The molecular weight excluding hydrogens is 316 g/mol. The molecule has 1 aromatic carbocycles.